The molecule has 0 aliphatic carbocycles. The van der Waals surface area contributed by atoms with Gasteiger partial charge in [-0.1, -0.05) is 43.0 Å². The fraction of sp³-hybridized carbons (Fsp3) is 0.100. The van der Waals surface area contributed by atoms with Crippen molar-refractivity contribution in [3.8, 4) is 11.6 Å². The molecule has 0 fully saturated rings. The molecule has 0 aliphatic rings. The minimum absolute atomic E-state index is 0.0487. The molecule has 0 bridgehead atoms. The molecule has 1 N–H and O–H groups in total. The number of imidazole rings is 1. The Hall–Kier alpha value is -3.59. The minimum atomic E-state index is -4.40. The van der Waals surface area contributed by atoms with E-state index in [-0.39, 0.29) is 17.9 Å². The number of aromatic nitrogens is 2. The molecule has 0 saturated carbocycles. The molecule has 0 atom stereocenters. The van der Waals surface area contributed by atoms with Gasteiger partial charge in [-0.05, 0) is 29.8 Å². The normalized spacial score (nSPS) is 11.2. The number of carbonyl (C=O) groups excluding carboxylic acids is 1. The zero-order valence-corrected chi connectivity index (χ0v) is 16.1. The number of rotatable bonds is 7. The lowest BCUT2D eigenvalue weighted by molar-refractivity contribution is -0.141. The van der Waals surface area contributed by atoms with Crippen LogP contribution in [0.3, 0.4) is 0 Å². The lowest BCUT2D eigenvalue weighted by atomic mass is 10.1. The van der Waals surface area contributed by atoms with Crippen LogP contribution in [0.25, 0.3) is 5.69 Å². The highest BCUT2D eigenvalue weighted by molar-refractivity contribution is 7.90. The summed E-state index contributed by atoms with van der Waals surface area (Å²) in [5, 5.41) is 10.2. The Balaban J connectivity index is 1.99. The van der Waals surface area contributed by atoms with Gasteiger partial charge in [0, 0.05) is 0 Å². The van der Waals surface area contributed by atoms with E-state index >= 15 is 0 Å². The third kappa shape index (κ3) is 4.14. The summed E-state index contributed by atoms with van der Waals surface area (Å²) in [5.41, 5.74) is -0.153. The Bertz CT molecular complexity index is 1210. The van der Waals surface area contributed by atoms with E-state index in [0.717, 1.165) is 10.8 Å². The van der Waals surface area contributed by atoms with Crippen LogP contribution in [0.1, 0.15) is 5.56 Å². The van der Waals surface area contributed by atoms with Gasteiger partial charge in [0.05, 0.1) is 23.2 Å². The van der Waals surface area contributed by atoms with Crippen LogP contribution >= 0.6 is 0 Å². The first-order chi connectivity index (χ1) is 13.8. The standard InChI is InChI=1S/C20H18N2O6S/c1-2-11-28-19(24)13-15-7-6-10-17(12-15)29(26,27)22-18(23)14-21(20(22)25)16-8-4-3-5-9-16/h2-10,12,14,23H,1,11,13H2. The summed E-state index contributed by atoms with van der Waals surface area (Å²) in [6, 6.07) is 13.9. The second kappa shape index (κ2) is 8.19. The molecule has 0 saturated heterocycles. The van der Waals surface area contributed by atoms with Gasteiger partial charge < -0.3 is 9.84 Å². The van der Waals surface area contributed by atoms with Crippen LogP contribution in [0.5, 0.6) is 5.88 Å². The van der Waals surface area contributed by atoms with Gasteiger partial charge in [-0.2, -0.15) is 0 Å². The summed E-state index contributed by atoms with van der Waals surface area (Å²) < 4.78 is 32.2. The molecule has 0 unspecified atom stereocenters. The van der Waals surface area contributed by atoms with Crippen molar-refractivity contribution >= 4 is 16.0 Å². The molecular formula is C20H18N2O6S. The minimum Gasteiger partial charge on any atom is -0.493 e. The summed E-state index contributed by atoms with van der Waals surface area (Å²) in [4.78, 5) is 24.2. The van der Waals surface area contributed by atoms with Crippen molar-refractivity contribution in [1.82, 2.24) is 8.54 Å². The van der Waals surface area contributed by atoms with E-state index in [0.29, 0.717) is 15.2 Å². The molecule has 150 valence electrons. The molecule has 3 aromatic rings. The lowest BCUT2D eigenvalue weighted by Gasteiger charge is -2.08. The Morgan fingerprint density at radius 1 is 1.14 bits per heavy atom. The van der Waals surface area contributed by atoms with Gasteiger partial charge in [0.1, 0.15) is 6.61 Å². The van der Waals surface area contributed by atoms with Crippen molar-refractivity contribution in [2.24, 2.45) is 0 Å². The number of esters is 1. The first kappa shape index (κ1) is 20.2. The number of carbonyl (C=O) groups is 1. The second-order valence-corrected chi connectivity index (χ2v) is 7.83. The largest absolute Gasteiger partial charge is 0.493 e. The fourth-order valence-electron chi connectivity index (χ4n) is 2.71. The molecule has 2 aromatic carbocycles. The van der Waals surface area contributed by atoms with E-state index in [1.54, 1.807) is 36.4 Å². The van der Waals surface area contributed by atoms with E-state index in [4.69, 9.17) is 4.74 Å². The van der Waals surface area contributed by atoms with Crippen molar-refractivity contribution in [3.05, 3.63) is 89.5 Å². The molecule has 3 rings (SSSR count). The molecular weight excluding hydrogens is 396 g/mol. The van der Waals surface area contributed by atoms with Gasteiger partial charge in [0.15, 0.2) is 0 Å². The van der Waals surface area contributed by atoms with Gasteiger partial charge in [0.25, 0.3) is 10.0 Å². The van der Waals surface area contributed by atoms with E-state index in [2.05, 4.69) is 6.58 Å². The number of para-hydroxylation sites is 1. The van der Waals surface area contributed by atoms with Crippen LogP contribution in [0.15, 0.2) is 83.1 Å². The summed E-state index contributed by atoms with van der Waals surface area (Å²) in [7, 11) is -4.40. The van der Waals surface area contributed by atoms with Crippen molar-refractivity contribution in [2.45, 2.75) is 11.3 Å². The Kier molecular flexibility index (Phi) is 5.69. The van der Waals surface area contributed by atoms with Crippen LogP contribution in [-0.4, -0.2) is 34.6 Å². The van der Waals surface area contributed by atoms with E-state index in [1.165, 1.54) is 24.3 Å². The van der Waals surface area contributed by atoms with Gasteiger partial charge in [0.2, 0.25) is 5.88 Å². The predicted molar refractivity (Wildman–Crippen MR) is 106 cm³/mol. The summed E-state index contributed by atoms with van der Waals surface area (Å²) in [6.07, 6.45) is 2.31. The number of nitrogens with zero attached hydrogens (tertiary/aromatic N) is 2. The SMILES string of the molecule is C=CCOC(=O)Cc1cccc(S(=O)(=O)n2c(O)cn(-c3ccccc3)c2=O)c1. The molecule has 1 aromatic heterocycles. The van der Waals surface area contributed by atoms with Gasteiger partial charge >= 0.3 is 11.7 Å². The number of ether oxygens (including phenoxy) is 1. The molecule has 0 spiro atoms. The van der Waals surface area contributed by atoms with Gasteiger partial charge in [-0.25, -0.2) is 13.2 Å². The zero-order valence-electron chi connectivity index (χ0n) is 15.3. The second-order valence-electron chi connectivity index (χ2n) is 6.04. The maximum atomic E-state index is 13.0. The van der Waals surface area contributed by atoms with E-state index in [1.807, 2.05) is 0 Å². The maximum absolute atomic E-state index is 13.0. The molecule has 0 amide bonds. The number of hydrogen-bond donors (Lipinski definition) is 1. The van der Waals surface area contributed by atoms with Crippen LogP contribution in [-0.2, 0) is 26.0 Å². The molecule has 8 nitrogen and oxygen atoms in total. The average molecular weight is 414 g/mol. The van der Waals surface area contributed by atoms with Crippen LogP contribution in [0.2, 0.25) is 0 Å². The zero-order chi connectivity index (χ0) is 21.0. The smallest absolute Gasteiger partial charge is 0.350 e. The molecule has 1 heterocycles. The summed E-state index contributed by atoms with van der Waals surface area (Å²) >= 11 is 0. The molecule has 29 heavy (non-hydrogen) atoms. The van der Waals surface area contributed by atoms with Gasteiger partial charge in [-0.15, -0.1) is 3.97 Å². The third-order valence-electron chi connectivity index (χ3n) is 4.01. The highest BCUT2D eigenvalue weighted by Crippen LogP contribution is 2.20. The quantitative estimate of drug-likeness (QED) is 0.467. The van der Waals surface area contributed by atoms with Crippen molar-refractivity contribution in [1.29, 1.82) is 0 Å². The fourth-order valence-corrected chi connectivity index (χ4v) is 4.06. The van der Waals surface area contributed by atoms with Gasteiger partial charge in [-0.3, -0.25) is 9.36 Å². The number of benzene rings is 2. The molecule has 0 radical (unpaired) electrons. The summed E-state index contributed by atoms with van der Waals surface area (Å²) in [6.45, 7) is 3.49. The first-order valence-electron chi connectivity index (χ1n) is 8.54. The monoisotopic (exact) mass is 414 g/mol. The Morgan fingerprint density at radius 2 is 1.86 bits per heavy atom. The van der Waals surface area contributed by atoms with Crippen LogP contribution in [0.4, 0.5) is 0 Å². The molecule has 9 heteroatoms. The highest BCUT2D eigenvalue weighted by Gasteiger charge is 2.26. The average Bonchev–Trinajstić information content (AvgIpc) is 3.02. The third-order valence-corrected chi connectivity index (χ3v) is 5.69. The predicted octanol–water partition coefficient (Wildman–Crippen LogP) is 1.85. The number of hydrogen-bond acceptors (Lipinski definition) is 6. The van der Waals surface area contributed by atoms with Crippen molar-refractivity contribution < 1.29 is 23.1 Å². The Labute approximate surface area is 167 Å². The lowest BCUT2D eigenvalue weighted by Crippen LogP contribution is -2.28. The summed E-state index contributed by atoms with van der Waals surface area (Å²) in [5.74, 6) is -1.27. The Morgan fingerprint density at radius 3 is 2.55 bits per heavy atom. The maximum Gasteiger partial charge on any atom is 0.350 e. The highest BCUT2D eigenvalue weighted by atomic mass is 32.2. The topological polar surface area (TPSA) is 108 Å². The van der Waals surface area contributed by atoms with E-state index < -0.39 is 27.6 Å². The van der Waals surface area contributed by atoms with Crippen molar-refractivity contribution in [3.63, 3.8) is 0 Å². The molecule has 0 aliphatic heterocycles. The van der Waals surface area contributed by atoms with Crippen molar-refractivity contribution in [2.75, 3.05) is 6.61 Å². The van der Waals surface area contributed by atoms with E-state index in [9.17, 15) is 23.1 Å². The first-order valence-corrected chi connectivity index (χ1v) is 9.98. The van der Waals surface area contributed by atoms with Crippen LogP contribution in [0, 0.1) is 0 Å². The van der Waals surface area contributed by atoms with Crippen LogP contribution < -0.4 is 5.69 Å². The number of aromatic hydroxyl groups is 1.